The van der Waals surface area contributed by atoms with Crippen molar-refractivity contribution in [1.29, 1.82) is 0 Å². The van der Waals surface area contributed by atoms with Gasteiger partial charge in [-0.2, -0.15) is 0 Å². The fraction of sp³-hybridized carbons (Fsp3) is 0.188. The summed E-state index contributed by atoms with van der Waals surface area (Å²) in [5, 5.41) is 8.94. The first-order valence-corrected chi connectivity index (χ1v) is 8.30. The minimum atomic E-state index is -1.18. The Balaban J connectivity index is 2.18. The molecule has 2 aromatic rings. The molecule has 0 aliphatic heterocycles. The fourth-order valence-electron chi connectivity index (χ4n) is 2.21. The average molecular weight is 382 g/mol. The third kappa shape index (κ3) is 5.24. The molecule has 0 saturated heterocycles. The summed E-state index contributed by atoms with van der Waals surface area (Å²) in [6, 6.07) is 3.52. The second kappa shape index (κ2) is 8.39. The number of halogens is 2. The number of carbonyl (C=O) groups is 3. The Hall–Kier alpha value is -3.01. The SMILES string of the molecule is CC(=O)Nc1cc(F)c(F)cc1NC(=O)CC(NC(N)=O)c1cccs1. The summed E-state index contributed by atoms with van der Waals surface area (Å²) in [7, 11) is 0. The molecule has 4 amide bonds. The van der Waals surface area contributed by atoms with Crippen molar-refractivity contribution in [1.82, 2.24) is 5.32 Å². The van der Waals surface area contributed by atoms with Gasteiger partial charge < -0.3 is 21.7 Å². The molecule has 0 bridgehead atoms. The van der Waals surface area contributed by atoms with Crippen LogP contribution in [0.25, 0.3) is 0 Å². The van der Waals surface area contributed by atoms with Crippen molar-refractivity contribution in [3.05, 3.63) is 46.2 Å². The van der Waals surface area contributed by atoms with E-state index < -0.39 is 35.5 Å². The standard InChI is InChI=1S/C16H16F2N4O3S/c1-8(23)20-11-5-9(17)10(18)6-12(11)21-15(24)7-13(22-16(19)25)14-3-2-4-26-14/h2-6,13H,7H2,1H3,(H,20,23)(H,21,24)(H3,19,22,25). The molecule has 1 unspecified atom stereocenters. The van der Waals surface area contributed by atoms with Gasteiger partial charge in [-0.05, 0) is 11.4 Å². The molecule has 1 aromatic carbocycles. The van der Waals surface area contributed by atoms with Crippen molar-refractivity contribution in [2.75, 3.05) is 10.6 Å². The molecule has 26 heavy (non-hydrogen) atoms. The van der Waals surface area contributed by atoms with Gasteiger partial charge in [0, 0.05) is 23.9 Å². The molecule has 5 N–H and O–H groups in total. The molecular formula is C16H16F2N4O3S. The van der Waals surface area contributed by atoms with Crippen LogP contribution in [0.1, 0.15) is 24.3 Å². The molecular weight excluding hydrogens is 366 g/mol. The minimum Gasteiger partial charge on any atom is -0.352 e. The Morgan fingerprint density at radius 2 is 1.77 bits per heavy atom. The van der Waals surface area contributed by atoms with Gasteiger partial charge in [0.05, 0.1) is 23.8 Å². The Morgan fingerprint density at radius 3 is 2.27 bits per heavy atom. The molecule has 0 radical (unpaired) electrons. The maximum atomic E-state index is 13.5. The van der Waals surface area contributed by atoms with Gasteiger partial charge >= 0.3 is 6.03 Å². The summed E-state index contributed by atoms with van der Waals surface area (Å²) in [6.45, 7) is 1.19. The highest BCUT2D eigenvalue weighted by Crippen LogP contribution is 2.27. The molecule has 138 valence electrons. The molecule has 0 aliphatic carbocycles. The quantitative estimate of drug-likeness (QED) is 0.616. The van der Waals surface area contributed by atoms with Crippen LogP contribution in [0.4, 0.5) is 25.0 Å². The largest absolute Gasteiger partial charge is 0.352 e. The van der Waals surface area contributed by atoms with Crippen LogP contribution in [0.15, 0.2) is 29.6 Å². The lowest BCUT2D eigenvalue weighted by Crippen LogP contribution is -2.35. The number of hydrogen-bond acceptors (Lipinski definition) is 4. The third-order valence-corrected chi connectivity index (χ3v) is 4.22. The Bertz CT molecular complexity index is 827. The first-order valence-electron chi connectivity index (χ1n) is 7.42. The van der Waals surface area contributed by atoms with E-state index in [-0.39, 0.29) is 17.8 Å². The second-order valence-corrected chi connectivity index (χ2v) is 6.30. The Morgan fingerprint density at radius 1 is 1.15 bits per heavy atom. The van der Waals surface area contributed by atoms with Crippen molar-refractivity contribution in [3.63, 3.8) is 0 Å². The van der Waals surface area contributed by atoms with Gasteiger partial charge in [0.15, 0.2) is 11.6 Å². The zero-order valence-corrected chi connectivity index (χ0v) is 14.5. The highest BCUT2D eigenvalue weighted by molar-refractivity contribution is 7.10. The number of benzene rings is 1. The zero-order chi connectivity index (χ0) is 19.3. The van der Waals surface area contributed by atoms with Crippen LogP contribution in [0.5, 0.6) is 0 Å². The molecule has 1 atom stereocenters. The normalized spacial score (nSPS) is 11.5. The predicted octanol–water partition coefficient (Wildman–Crippen LogP) is 2.72. The van der Waals surface area contributed by atoms with Gasteiger partial charge in [-0.15, -0.1) is 11.3 Å². The topological polar surface area (TPSA) is 113 Å². The molecule has 0 saturated carbocycles. The van der Waals surface area contributed by atoms with E-state index in [4.69, 9.17) is 5.73 Å². The van der Waals surface area contributed by atoms with Crippen LogP contribution in [-0.4, -0.2) is 17.8 Å². The van der Waals surface area contributed by atoms with Crippen LogP contribution in [0, 0.1) is 11.6 Å². The number of nitrogens with one attached hydrogen (secondary N) is 3. The molecule has 0 fully saturated rings. The van der Waals surface area contributed by atoms with Gasteiger partial charge in [-0.3, -0.25) is 9.59 Å². The number of carbonyl (C=O) groups excluding carboxylic acids is 3. The van der Waals surface area contributed by atoms with Crippen LogP contribution in [-0.2, 0) is 9.59 Å². The fourth-order valence-corrected chi connectivity index (χ4v) is 2.99. The number of primary amides is 1. The number of rotatable bonds is 6. The molecule has 7 nitrogen and oxygen atoms in total. The van der Waals surface area contributed by atoms with Crippen LogP contribution < -0.4 is 21.7 Å². The number of anilines is 2. The summed E-state index contributed by atoms with van der Waals surface area (Å²) in [5.41, 5.74) is 4.94. The van der Waals surface area contributed by atoms with Crippen molar-refractivity contribution in [2.45, 2.75) is 19.4 Å². The summed E-state index contributed by atoms with van der Waals surface area (Å²) < 4.78 is 26.9. The molecule has 1 aromatic heterocycles. The number of nitrogens with two attached hydrogens (primary N) is 1. The summed E-state index contributed by atoms with van der Waals surface area (Å²) in [4.78, 5) is 35.4. The van der Waals surface area contributed by atoms with Crippen molar-refractivity contribution < 1.29 is 23.2 Å². The van der Waals surface area contributed by atoms with E-state index in [1.54, 1.807) is 17.5 Å². The predicted molar refractivity (Wildman–Crippen MR) is 93.7 cm³/mol. The average Bonchev–Trinajstić information content (AvgIpc) is 3.05. The van der Waals surface area contributed by atoms with E-state index in [1.807, 2.05) is 0 Å². The maximum absolute atomic E-state index is 13.5. The Kier molecular flexibility index (Phi) is 6.23. The van der Waals surface area contributed by atoms with Gasteiger partial charge in [0.1, 0.15) is 0 Å². The minimum absolute atomic E-state index is 0.0831. The summed E-state index contributed by atoms with van der Waals surface area (Å²) in [5.74, 6) is -3.45. The molecule has 10 heteroatoms. The monoisotopic (exact) mass is 382 g/mol. The first-order chi connectivity index (χ1) is 12.3. The van der Waals surface area contributed by atoms with Crippen LogP contribution in [0.3, 0.4) is 0 Å². The molecule has 1 heterocycles. The lowest BCUT2D eigenvalue weighted by molar-refractivity contribution is -0.117. The van der Waals surface area contributed by atoms with Gasteiger partial charge in [-0.1, -0.05) is 6.07 Å². The molecule has 2 rings (SSSR count). The summed E-state index contributed by atoms with van der Waals surface area (Å²) in [6.07, 6.45) is -0.192. The van der Waals surface area contributed by atoms with Gasteiger partial charge in [0.2, 0.25) is 11.8 Å². The van der Waals surface area contributed by atoms with E-state index in [2.05, 4.69) is 16.0 Å². The zero-order valence-electron chi connectivity index (χ0n) is 13.6. The number of urea groups is 1. The number of thiophene rings is 1. The van der Waals surface area contributed by atoms with E-state index in [1.165, 1.54) is 18.3 Å². The smallest absolute Gasteiger partial charge is 0.312 e. The van der Waals surface area contributed by atoms with Crippen LogP contribution in [0.2, 0.25) is 0 Å². The van der Waals surface area contributed by atoms with Crippen molar-refractivity contribution >= 4 is 40.6 Å². The van der Waals surface area contributed by atoms with E-state index in [9.17, 15) is 23.2 Å². The summed E-state index contributed by atoms with van der Waals surface area (Å²) >= 11 is 1.32. The molecule has 0 spiro atoms. The number of hydrogen-bond donors (Lipinski definition) is 4. The first kappa shape index (κ1) is 19.3. The molecule has 0 aliphatic rings. The second-order valence-electron chi connectivity index (χ2n) is 5.32. The maximum Gasteiger partial charge on any atom is 0.312 e. The van der Waals surface area contributed by atoms with Gasteiger partial charge in [-0.25, -0.2) is 13.6 Å². The third-order valence-electron chi connectivity index (χ3n) is 3.24. The Labute approximate surface area is 151 Å². The highest BCUT2D eigenvalue weighted by Gasteiger charge is 2.20. The van der Waals surface area contributed by atoms with Crippen molar-refractivity contribution in [3.8, 4) is 0 Å². The lowest BCUT2D eigenvalue weighted by Gasteiger charge is -2.17. The van der Waals surface area contributed by atoms with E-state index in [0.717, 1.165) is 12.1 Å². The van der Waals surface area contributed by atoms with Gasteiger partial charge in [0.25, 0.3) is 0 Å². The van der Waals surface area contributed by atoms with Crippen molar-refractivity contribution in [2.24, 2.45) is 5.73 Å². The van der Waals surface area contributed by atoms with E-state index in [0.29, 0.717) is 4.88 Å². The highest BCUT2D eigenvalue weighted by atomic mass is 32.1. The van der Waals surface area contributed by atoms with E-state index >= 15 is 0 Å². The van der Waals surface area contributed by atoms with Crippen LogP contribution >= 0.6 is 11.3 Å². The number of amides is 4. The lowest BCUT2D eigenvalue weighted by atomic mass is 10.1.